The summed E-state index contributed by atoms with van der Waals surface area (Å²) >= 11 is 3.38. The zero-order valence-electron chi connectivity index (χ0n) is 12.1. The monoisotopic (exact) mass is 343 g/mol. The first-order valence-electron chi connectivity index (χ1n) is 7.13. The Kier molecular flexibility index (Phi) is 5.21. The van der Waals surface area contributed by atoms with E-state index in [1.165, 1.54) is 4.68 Å². The molecule has 1 aromatic heterocycles. The Hall–Kier alpha value is -0.880. The van der Waals surface area contributed by atoms with Gasteiger partial charge in [-0.2, -0.15) is 5.10 Å². The van der Waals surface area contributed by atoms with Crippen LogP contribution in [0.3, 0.4) is 0 Å². The van der Waals surface area contributed by atoms with Crippen LogP contribution in [0.4, 0.5) is 5.69 Å². The van der Waals surface area contributed by atoms with Crippen molar-refractivity contribution in [3.8, 4) is 0 Å². The average Bonchev–Trinajstić information content (AvgIpc) is 2.44. The number of hydrogen-bond donors (Lipinski definition) is 1. The highest BCUT2D eigenvalue weighted by atomic mass is 79.9. The van der Waals surface area contributed by atoms with Crippen molar-refractivity contribution in [3.05, 3.63) is 21.0 Å². The Morgan fingerprint density at radius 2 is 2.20 bits per heavy atom. The molecular weight excluding hydrogens is 322 g/mol. The minimum absolute atomic E-state index is 0.0750. The molecule has 1 saturated heterocycles. The lowest BCUT2D eigenvalue weighted by Crippen LogP contribution is -2.34. The van der Waals surface area contributed by atoms with Crippen molar-refractivity contribution in [1.82, 2.24) is 9.78 Å². The van der Waals surface area contributed by atoms with E-state index in [-0.39, 0.29) is 11.0 Å². The third kappa shape index (κ3) is 3.61. The van der Waals surface area contributed by atoms with E-state index in [0.717, 1.165) is 44.7 Å². The maximum Gasteiger partial charge on any atom is 0.283 e. The minimum atomic E-state index is -0.0750. The first-order valence-corrected chi connectivity index (χ1v) is 7.92. The van der Waals surface area contributed by atoms with Gasteiger partial charge in [0, 0.05) is 26.3 Å². The summed E-state index contributed by atoms with van der Waals surface area (Å²) in [4.78, 5) is 12.1. The predicted molar refractivity (Wildman–Crippen MR) is 83.1 cm³/mol. The van der Waals surface area contributed by atoms with Gasteiger partial charge in [-0.1, -0.05) is 13.8 Å². The van der Waals surface area contributed by atoms with Crippen molar-refractivity contribution in [2.75, 3.05) is 25.1 Å². The topological polar surface area (TPSA) is 56.1 Å². The summed E-state index contributed by atoms with van der Waals surface area (Å²) in [7, 11) is 0. The second-order valence-corrected chi connectivity index (χ2v) is 6.47. The fourth-order valence-corrected chi connectivity index (χ4v) is 2.76. The number of nitrogens with one attached hydrogen (secondary N) is 1. The van der Waals surface area contributed by atoms with Crippen molar-refractivity contribution in [1.29, 1.82) is 0 Å². The highest BCUT2D eigenvalue weighted by Crippen LogP contribution is 2.30. The molecule has 0 amide bonds. The van der Waals surface area contributed by atoms with Crippen LogP contribution >= 0.6 is 15.9 Å². The Morgan fingerprint density at radius 3 is 2.85 bits per heavy atom. The maximum atomic E-state index is 12.1. The number of aromatic nitrogens is 2. The summed E-state index contributed by atoms with van der Waals surface area (Å²) < 4.78 is 7.46. The number of ether oxygens (including phenoxy) is 1. The van der Waals surface area contributed by atoms with Crippen LogP contribution in [0.1, 0.15) is 33.1 Å². The molecule has 1 fully saturated rings. The molecule has 1 N–H and O–H groups in total. The van der Waals surface area contributed by atoms with Gasteiger partial charge >= 0.3 is 0 Å². The van der Waals surface area contributed by atoms with Crippen LogP contribution in [0.25, 0.3) is 0 Å². The van der Waals surface area contributed by atoms with Crippen molar-refractivity contribution in [3.63, 3.8) is 0 Å². The molecule has 6 heteroatoms. The van der Waals surface area contributed by atoms with Crippen LogP contribution in [0, 0.1) is 5.41 Å². The molecule has 0 unspecified atom stereocenters. The van der Waals surface area contributed by atoms with E-state index in [1.807, 2.05) is 6.92 Å². The third-order valence-corrected chi connectivity index (χ3v) is 4.59. The lowest BCUT2D eigenvalue weighted by Gasteiger charge is -2.34. The SMILES string of the molecule is CCCn1ncc(NCC2(C)CCOCC2)c(Br)c1=O. The van der Waals surface area contributed by atoms with Crippen molar-refractivity contribution in [2.24, 2.45) is 5.41 Å². The van der Waals surface area contributed by atoms with E-state index in [2.05, 4.69) is 33.3 Å². The van der Waals surface area contributed by atoms with E-state index in [9.17, 15) is 4.79 Å². The van der Waals surface area contributed by atoms with Gasteiger partial charge in [-0.05, 0) is 40.6 Å². The average molecular weight is 344 g/mol. The summed E-state index contributed by atoms with van der Waals surface area (Å²) in [6, 6.07) is 0. The normalized spacial score (nSPS) is 17.9. The van der Waals surface area contributed by atoms with Crippen molar-refractivity contribution >= 4 is 21.6 Å². The second-order valence-electron chi connectivity index (χ2n) is 5.68. The summed E-state index contributed by atoms with van der Waals surface area (Å²) in [6.07, 6.45) is 4.70. The van der Waals surface area contributed by atoms with Gasteiger partial charge in [-0.3, -0.25) is 4.79 Å². The van der Waals surface area contributed by atoms with Crippen LogP contribution in [-0.4, -0.2) is 29.5 Å². The molecule has 0 spiro atoms. The Morgan fingerprint density at radius 1 is 1.50 bits per heavy atom. The van der Waals surface area contributed by atoms with E-state index in [0.29, 0.717) is 11.0 Å². The zero-order valence-corrected chi connectivity index (χ0v) is 13.7. The van der Waals surface area contributed by atoms with E-state index in [1.54, 1.807) is 6.20 Å². The molecule has 0 aliphatic carbocycles. The first kappa shape index (κ1) is 15.5. The van der Waals surface area contributed by atoms with Gasteiger partial charge in [-0.15, -0.1) is 0 Å². The second kappa shape index (κ2) is 6.72. The Bertz CT molecular complexity index is 510. The number of hydrogen-bond acceptors (Lipinski definition) is 4. The summed E-state index contributed by atoms with van der Waals surface area (Å²) in [5.74, 6) is 0. The Labute approximate surface area is 127 Å². The molecule has 2 heterocycles. The minimum Gasteiger partial charge on any atom is -0.382 e. The van der Waals surface area contributed by atoms with Gasteiger partial charge < -0.3 is 10.1 Å². The molecule has 0 radical (unpaired) electrons. The number of halogens is 1. The maximum absolute atomic E-state index is 12.1. The van der Waals surface area contributed by atoms with E-state index >= 15 is 0 Å². The molecule has 1 aliphatic heterocycles. The van der Waals surface area contributed by atoms with Crippen molar-refractivity contribution < 1.29 is 4.74 Å². The standard InChI is InChI=1S/C14H22BrN3O2/c1-3-6-18-13(19)12(15)11(9-17-18)16-10-14(2)4-7-20-8-5-14/h9,16H,3-8,10H2,1-2H3. The van der Waals surface area contributed by atoms with E-state index in [4.69, 9.17) is 4.74 Å². The van der Waals surface area contributed by atoms with Gasteiger partial charge in [-0.25, -0.2) is 4.68 Å². The van der Waals surface area contributed by atoms with E-state index < -0.39 is 0 Å². The third-order valence-electron chi connectivity index (χ3n) is 3.83. The van der Waals surface area contributed by atoms with Crippen LogP contribution in [-0.2, 0) is 11.3 Å². The predicted octanol–water partition coefficient (Wildman–Crippen LogP) is 2.64. The molecule has 5 nitrogen and oxygen atoms in total. The summed E-state index contributed by atoms with van der Waals surface area (Å²) in [5.41, 5.74) is 0.916. The van der Waals surface area contributed by atoms with Gasteiger partial charge in [0.2, 0.25) is 0 Å². The van der Waals surface area contributed by atoms with Crippen LogP contribution < -0.4 is 10.9 Å². The Balaban J connectivity index is 2.06. The largest absolute Gasteiger partial charge is 0.382 e. The van der Waals surface area contributed by atoms with Gasteiger partial charge in [0.05, 0.1) is 11.9 Å². The lowest BCUT2D eigenvalue weighted by molar-refractivity contribution is 0.0300. The molecule has 2 rings (SSSR count). The van der Waals surface area contributed by atoms with Crippen LogP contribution in [0.5, 0.6) is 0 Å². The highest BCUT2D eigenvalue weighted by Gasteiger charge is 2.27. The molecule has 0 aromatic carbocycles. The number of aryl methyl sites for hydroxylation is 1. The number of nitrogens with zero attached hydrogens (tertiary/aromatic N) is 2. The van der Waals surface area contributed by atoms with Crippen LogP contribution in [0.2, 0.25) is 0 Å². The summed E-state index contributed by atoms with van der Waals surface area (Å²) in [5, 5.41) is 7.56. The smallest absolute Gasteiger partial charge is 0.283 e. The van der Waals surface area contributed by atoms with Crippen LogP contribution in [0.15, 0.2) is 15.5 Å². The lowest BCUT2D eigenvalue weighted by atomic mass is 9.82. The molecule has 1 aromatic rings. The zero-order chi connectivity index (χ0) is 14.6. The number of anilines is 1. The molecule has 0 bridgehead atoms. The fourth-order valence-electron chi connectivity index (χ4n) is 2.31. The highest BCUT2D eigenvalue weighted by molar-refractivity contribution is 9.10. The first-order chi connectivity index (χ1) is 9.56. The molecule has 0 saturated carbocycles. The molecule has 112 valence electrons. The van der Waals surface area contributed by atoms with Gasteiger partial charge in [0.25, 0.3) is 5.56 Å². The molecule has 0 atom stereocenters. The summed E-state index contributed by atoms with van der Waals surface area (Å²) in [6.45, 7) is 7.38. The fraction of sp³-hybridized carbons (Fsp3) is 0.714. The van der Waals surface area contributed by atoms with Gasteiger partial charge in [0.1, 0.15) is 4.47 Å². The van der Waals surface area contributed by atoms with Crippen molar-refractivity contribution in [2.45, 2.75) is 39.7 Å². The molecule has 20 heavy (non-hydrogen) atoms. The molecular formula is C14H22BrN3O2. The number of rotatable bonds is 5. The quantitative estimate of drug-likeness (QED) is 0.892. The van der Waals surface area contributed by atoms with Gasteiger partial charge in [0.15, 0.2) is 0 Å². The molecule has 1 aliphatic rings.